The first-order valence-electron chi connectivity index (χ1n) is 11.1. The van der Waals surface area contributed by atoms with E-state index in [1.165, 1.54) is 6.42 Å². The first-order chi connectivity index (χ1) is 12.1. The maximum absolute atomic E-state index is 7.32. The molecule has 3 heteroatoms. The Morgan fingerprint density at radius 1 is 0.923 bits per heavy atom. The largest absolute Gasteiger partial charge is 0.412 e. The third-order valence-corrected chi connectivity index (χ3v) is 13.8. The molecule has 2 heterocycles. The molecule has 0 aromatic heterocycles. The highest BCUT2D eigenvalue weighted by molar-refractivity contribution is 6.77. The van der Waals surface area contributed by atoms with Gasteiger partial charge in [-0.15, -0.1) is 6.58 Å². The number of rotatable bonds is 8. The number of ether oxygens (including phenoxy) is 1. The molecule has 2 saturated heterocycles. The van der Waals surface area contributed by atoms with E-state index in [2.05, 4.69) is 75.0 Å². The summed E-state index contributed by atoms with van der Waals surface area (Å²) in [6, 6.07) is 0. The third-order valence-electron chi connectivity index (χ3n) is 7.74. The molecular formula is C23H44O2Si. The quantitative estimate of drug-likeness (QED) is 0.340. The Bertz CT molecular complexity index is 451. The standard InChI is InChI=1S/C23H44O2Si/c1-11-13-20-19(12-2)22-17(9)21(18(10)23(20)24-22)25-26(14(3)4,15(5)6)16(7)8/h11,14-23H,1,12-13H2,2-10H3/t17-,18+,19-,20+,21+,22+,23-/m0/s1. The Morgan fingerprint density at radius 3 is 1.77 bits per heavy atom. The lowest BCUT2D eigenvalue weighted by molar-refractivity contribution is -0.131. The van der Waals surface area contributed by atoms with Crippen LogP contribution in [0, 0.1) is 23.7 Å². The molecule has 0 unspecified atom stereocenters. The van der Waals surface area contributed by atoms with Crippen LogP contribution in [0.15, 0.2) is 12.7 Å². The number of allylic oxidation sites excluding steroid dienone is 1. The highest BCUT2D eigenvalue weighted by Crippen LogP contribution is 2.53. The molecule has 2 nitrogen and oxygen atoms in total. The van der Waals surface area contributed by atoms with Crippen molar-refractivity contribution in [2.45, 2.75) is 110 Å². The van der Waals surface area contributed by atoms with E-state index in [1.54, 1.807) is 0 Å². The molecule has 0 aliphatic carbocycles. The van der Waals surface area contributed by atoms with Gasteiger partial charge in [-0.25, -0.2) is 0 Å². The topological polar surface area (TPSA) is 18.5 Å². The van der Waals surface area contributed by atoms with E-state index < -0.39 is 8.32 Å². The molecule has 0 aromatic carbocycles. The first-order valence-corrected chi connectivity index (χ1v) is 13.2. The van der Waals surface area contributed by atoms with E-state index in [0.717, 1.165) is 6.42 Å². The summed E-state index contributed by atoms with van der Waals surface area (Å²) in [4.78, 5) is 0. The fourth-order valence-electron chi connectivity index (χ4n) is 6.65. The van der Waals surface area contributed by atoms with Crippen LogP contribution in [0.2, 0.25) is 16.6 Å². The lowest BCUT2D eigenvalue weighted by atomic mass is 9.81. The molecule has 0 amide bonds. The Morgan fingerprint density at radius 2 is 1.38 bits per heavy atom. The molecule has 0 radical (unpaired) electrons. The van der Waals surface area contributed by atoms with Gasteiger partial charge in [0.2, 0.25) is 8.32 Å². The third kappa shape index (κ3) is 3.49. The van der Waals surface area contributed by atoms with Crippen LogP contribution >= 0.6 is 0 Å². The summed E-state index contributed by atoms with van der Waals surface area (Å²) in [6.07, 6.45) is 5.40. The van der Waals surface area contributed by atoms with E-state index in [-0.39, 0.29) is 0 Å². The van der Waals surface area contributed by atoms with Crippen LogP contribution in [0.4, 0.5) is 0 Å². The summed E-state index contributed by atoms with van der Waals surface area (Å²) in [5, 5.41) is 0. The van der Waals surface area contributed by atoms with Crippen molar-refractivity contribution in [1.82, 2.24) is 0 Å². The zero-order valence-electron chi connectivity index (χ0n) is 18.8. The van der Waals surface area contributed by atoms with Crippen LogP contribution in [0.3, 0.4) is 0 Å². The van der Waals surface area contributed by atoms with Gasteiger partial charge in [-0.2, -0.15) is 0 Å². The van der Waals surface area contributed by atoms with Crippen LogP contribution in [-0.2, 0) is 9.16 Å². The molecule has 26 heavy (non-hydrogen) atoms. The van der Waals surface area contributed by atoms with Gasteiger partial charge in [-0.05, 0) is 34.9 Å². The molecule has 2 bridgehead atoms. The second kappa shape index (κ2) is 8.49. The van der Waals surface area contributed by atoms with Gasteiger partial charge < -0.3 is 9.16 Å². The molecule has 0 spiro atoms. The van der Waals surface area contributed by atoms with Gasteiger partial charge in [-0.1, -0.05) is 74.8 Å². The fraction of sp³-hybridized carbons (Fsp3) is 0.913. The second-order valence-corrected chi connectivity index (χ2v) is 15.4. The Hall–Kier alpha value is -0.123. The van der Waals surface area contributed by atoms with Crippen molar-refractivity contribution in [1.29, 1.82) is 0 Å². The van der Waals surface area contributed by atoms with Gasteiger partial charge in [0.1, 0.15) is 0 Å². The van der Waals surface area contributed by atoms with E-state index in [0.29, 0.717) is 58.6 Å². The first kappa shape index (κ1) is 22.2. The molecule has 0 N–H and O–H groups in total. The highest BCUT2D eigenvalue weighted by atomic mass is 28.4. The van der Waals surface area contributed by atoms with Crippen molar-refractivity contribution in [2.75, 3.05) is 0 Å². The number of hydrogen-bond donors (Lipinski definition) is 0. The summed E-state index contributed by atoms with van der Waals surface area (Å²) >= 11 is 0. The van der Waals surface area contributed by atoms with Crippen LogP contribution in [-0.4, -0.2) is 26.6 Å². The summed E-state index contributed by atoms with van der Waals surface area (Å²) in [5.41, 5.74) is 1.90. The summed E-state index contributed by atoms with van der Waals surface area (Å²) < 4.78 is 13.9. The van der Waals surface area contributed by atoms with E-state index in [9.17, 15) is 0 Å². The zero-order chi connectivity index (χ0) is 19.8. The van der Waals surface area contributed by atoms with Gasteiger partial charge in [0.25, 0.3) is 0 Å². The average molecular weight is 381 g/mol. The van der Waals surface area contributed by atoms with Crippen LogP contribution in [0.1, 0.15) is 75.2 Å². The van der Waals surface area contributed by atoms with Gasteiger partial charge in [0, 0.05) is 11.8 Å². The van der Waals surface area contributed by atoms with Crippen molar-refractivity contribution in [3.05, 3.63) is 12.7 Å². The monoisotopic (exact) mass is 380 g/mol. The molecule has 0 aromatic rings. The van der Waals surface area contributed by atoms with Crippen LogP contribution < -0.4 is 0 Å². The molecular weight excluding hydrogens is 336 g/mol. The SMILES string of the molecule is C=CC[C@@H]1[C@H](CC)[C@@H]2O[C@H]1[C@H](C)[C@H](O[Si](C(C)C)(C(C)C)C(C)C)[C@@H]2C. The Balaban J connectivity index is 2.37. The predicted octanol–water partition coefficient (Wildman–Crippen LogP) is 6.82. The smallest absolute Gasteiger partial charge is 0.200 e. The highest BCUT2D eigenvalue weighted by Gasteiger charge is 2.57. The van der Waals surface area contributed by atoms with Crippen LogP contribution in [0.5, 0.6) is 0 Å². The van der Waals surface area contributed by atoms with Gasteiger partial charge >= 0.3 is 0 Å². The van der Waals surface area contributed by atoms with E-state index in [4.69, 9.17) is 9.16 Å². The van der Waals surface area contributed by atoms with Crippen molar-refractivity contribution in [3.8, 4) is 0 Å². The van der Waals surface area contributed by atoms with Crippen LogP contribution in [0.25, 0.3) is 0 Å². The van der Waals surface area contributed by atoms with E-state index >= 15 is 0 Å². The molecule has 2 aliphatic rings. The molecule has 0 saturated carbocycles. The summed E-state index contributed by atoms with van der Waals surface area (Å²) in [6.45, 7) is 25.5. The molecule has 2 rings (SSSR count). The minimum Gasteiger partial charge on any atom is -0.412 e. The summed E-state index contributed by atoms with van der Waals surface area (Å²) in [7, 11) is -1.88. The van der Waals surface area contributed by atoms with Crippen molar-refractivity contribution >= 4 is 8.32 Å². The number of fused-ring (bicyclic) bond motifs is 2. The normalized spacial score (nSPS) is 37.8. The lowest BCUT2D eigenvalue weighted by Crippen LogP contribution is -2.56. The predicted molar refractivity (Wildman–Crippen MR) is 115 cm³/mol. The molecule has 2 aliphatic heterocycles. The summed E-state index contributed by atoms with van der Waals surface area (Å²) in [5.74, 6) is 2.20. The minimum atomic E-state index is -1.88. The Kier molecular flexibility index (Phi) is 7.24. The lowest BCUT2D eigenvalue weighted by Gasteiger charge is -2.50. The van der Waals surface area contributed by atoms with Gasteiger partial charge in [-0.3, -0.25) is 0 Å². The maximum Gasteiger partial charge on any atom is 0.200 e. The van der Waals surface area contributed by atoms with Gasteiger partial charge in [0.05, 0.1) is 18.3 Å². The minimum absolute atomic E-state index is 0.335. The molecule has 2 fully saturated rings. The number of hydrogen-bond acceptors (Lipinski definition) is 2. The fourth-order valence-corrected chi connectivity index (χ4v) is 12.4. The molecule has 152 valence electrons. The van der Waals surface area contributed by atoms with Crippen molar-refractivity contribution < 1.29 is 9.16 Å². The van der Waals surface area contributed by atoms with E-state index in [1.807, 2.05) is 0 Å². The van der Waals surface area contributed by atoms with Crippen molar-refractivity contribution in [3.63, 3.8) is 0 Å². The van der Waals surface area contributed by atoms with Gasteiger partial charge in [0.15, 0.2) is 0 Å². The Labute approximate surface area is 164 Å². The van der Waals surface area contributed by atoms with Crippen molar-refractivity contribution in [2.24, 2.45) is 23.7 Å². The zero-order valence-corrected chi connectivity index (χ0v) is 19.8. The maximum atomic E-state index is 7.32. The molecule has 7 atom stereocenters. The second-order valence-electron chi connectivity index (χ2n) is 9.94. The average Bonchev–Trinajstić information content (AvgIpc) is 2.88.